The van der Waals surface area contributed by atoms with Crippen molar-refractivity contribution in [1.82, 2.24) is 4.90 Å². The van der Waals surface area contributed by atoms with Crippen LogP contribution in [-0.4, -0.2) is 42.1 Å². The van der Waals surface area contributed by atoms with E-state index in [1.807, 2.05) is 89.8 Å². The minimum absolute atomic E-state index is 0.0331. The first kappa shape index (κ1) is 20.3. The number of anilines is 1. The molecule has 32 heavy (non-hydrogen) atoms. The van der Waals surface area contributed by atoms with Crippen molar-refractivity contribution < 1.29 is 14.3 Å². The van der Waals surface area contributed by atoms with Gasteiger partial charge in [0.1, 0.15) is 5.60 Å². The fraction of sp³-hybridized carbons (Fsp3) is 0.259. The molecule has 2 aliphatic heterocycles. The second kappa shape index (κ2) is 8.50. The number of para-hydroxylation sites is 1. The number of carbonyl (C=O) groups is 2. The molecule has 0 aromatic heterocycles. The van der Waals surface area contributed by atoms with E-state index < -0.39 is 5.60 Å². The van der Waals surface area contributed by atoms with Gasteiger partial charge in [0, 0.05) is 30.8 Å². The Bertz CT molecular complexity index is 1120. The second-order valence-electron chi connectivity index (χ2n) is 8.53. The predicted molar refractivity (Wildman–Crippen MR) is 125 cm³/mol. The SMILES string of the molecule is O=C(c1ccccc1-c1ccccc1)N1CCCC2(CC1)CN(c1ccccc1)C(=O)O2. The summed E-state index contributed by atoms with van der Waals surface area (Å²) in [6.45, 7) is 1.75. The third-order valence-corrected chi connectivity index (χ3v) is 6.47. The number of hydrogen-bond donors (Lipinski definition) is 0. The zero-order valence-corrected chi connectivity index (χ0v) is 17.9. The Kier molecular flexibility index (Phi) is 5.39. The Morgan fingerprint density at radius 1 is 0.812 bits per heavy atom. The van der Waals surface area contributed by atoms with Gasteiger partial charge >= 0.3 is 6.09 Å². The van der Waals surface area contributed by atoms with Crippen LogP contribution < -0.4 is 4.90 Å². The highest BCUT2D eigenvalue weighted by atomic mass is 16.6. The van der Waals surface area contributed by atoms with Gasteiger partial charge in [0.25, 0.3) is 5.91 Å². The second-order valence-corrected chi connectivity index (χ2v) is 8.53. The van der Waals surface area contributed by atoms with Gasteiger partial charge in [-0.3, -0.25) is 9.69 Å². The van der Waals surface area contributed by atoms with Crippen LogP contribution in [0.5, 0.6) is 0 Å². The first-order chi connectivity index (χ1) is 15.7. The van der Waals surface area contributed by atoms with E-state index >= 15 is 0 Å². The fourth-order valence-corrected chi connectivity index (χ4v) is 4.77. The molecule has 2 saturated heterocycles. The number of likely N-dealkylation sites (tertiary alicyclic amines) is 1. The summed E-state index contributed by atoms with van der Waals surface area (Å²) in [5, 5.41) is 0. The van der Waals surface area contributed by atoms with E-state index in [2.05, 4.69) is 0 Å². The van der Waals surface area contributed by atoms with Gasteiger partial charge < -0.3 is 9.64 Å². The highest BCUT2D eigenvalue weighted by Crippen LogP contribution is 2.36. The van der Waals surface area contributed by atoms with E-state index in [0.29, 0.717) is 31.6 Å². The molecular weight excluding hydrogens is 400 g/mol. The molecule has 2 fully saturated rings. The number of benzene rings is 3. The molecule has 0 radical (unpaired) electrons. The van der Waals surface area contributed by atoms with Gasteiger partial charge in [0.05, 0.1) is 6.54 Å². The van der Waals surface area contributed by atoms with Crippen LogP contribution in [-0.2, 0) is 4.74 Å². The van der Waals surface area contributed by atoms with Crippen molar-refractivity contribution in [2.24, 2.45) is 0 Å². The van der Waals surface area contributed by atoms with Crippen LogP contribution in [0.1, 0.15) is 29.6 Å². The Morgan fingerprint density at radius 2 is 1.50 bits per heavy atom. The number of rotatable bonds is 3. The van der Waals surface area contributed by atoms with Crippen LogP contribution in [0.25, 0.3) is 11.1 Å². The summed E-state index contributed by atoms with van der Waals surface area (Å²) < 4.78 is 5.91. The van der Waals surface area contributed by atoms with E-state index in [0.717, 1.165) is 29.7 Å². The van der Waals surface area contributed by atoms with Crippen LogP contribution >= 0.6 is 0 Å². The molecule has 5 rings (SSSR count). The van der Waals surface area contributed by atoms with Gasteiger partial charge in [-0.25, -0.2) is 4.79 Å². The zero-order valence-electron chi connectivity index (χ0n) is 17.9. The molecule has 3 aromatic rings. The van der Waals surface area contributed by atoms with Crippen molar-refractivity contribution in [2.45, 2.75) is 24.9 Å². The molecule has 1 unspecified atom stereocenters. The molecule has 5 heteroatoms. The van der Waals surface area contributed by atoms with Gasteiger partial charge in [-0.05, 0) is 42.2 Å². The molecule has 0 N–H and O–H groups in total. The molecular formula is C27H26N2O3. The van der Waals surface area contributed by atoms with Gasteiger partial charge in [-0.2, -0.15) is 0 Å². The third kappa shape index (κ3) is 3.86. The predicted octanol–water partition coefficient (Wildman–Crippen LogP) is 5.38. The zero-order chi connectivity index (χ0) is 22.0. The van der Waals surface area contributed by atoms with Crippen LogP contribution in [0.2, 0.25) is 0 Å². The highest BCUT2D eigenvalue weighted by molar-refractivity contribution is 6.01. The molecule has 162 valence electrons. The number of ether oxygens (including phenoxy) is 1. The number of carbonyl (C=O) groups excluding carboxylic acids is 2. The number of nitrogens with zero attached hydrogens (tertiary/aromatic N) is 2. The lowest BCUT2D eigenvalue weighted by molar-refractivity contribution is 0.0439. The topological polar surface area (TPSA) is 49.9 Å². The summed E-state index contributed by atoms with van der Waals surface area (Å²) in [6.07, 6.45) is 1.90. The van der Waals surface area contributed by atoms with Crippen molar-refractivity contribution in [3.05, 3.63) is 90.5 Å². The molecule has 5 nitrogen and oxygen atoms in total. The summed E-state index contributed by atoms with van der Waals surface area (Å²) in [6, 6.07) is 27.4. The summed E-state index contributed by atoms with van der Waals surface area (Å²) in [5.41, 5.74) is 3.00. The molecule has 0 aliphatic carbocycles. The molecule has 2 aliphatic rings. The Morgan fingerprint density at radius 3 is 2.28 bits per heavy atom. The van der Waals surface area contributed by atoms with Crippen molar-refractivity contribution in [1.29, 1.82) is 0 Å². The van der Waals surface area contributed by atoms with Crippen molar-refractivity contribution >= 4 is 17.7 Å². The van der Waals surface area contributed by atoms with Crippen molar-refractivity contribution in [3.63, 3.8) is 0 Å². The number of amides is 2. The third-order valence-electron chi connectivity index (χ3n) is 6.47. The average Bonchev–Trinajstić information content (AvgIpc) is 3.03. The average molecular weight is 427 g/mol. The smallest absolute Gasteiger partial charge is 0.415 e. The van der Waals surface area contributed by atoms with E-state index in [-0.39, 0.29) is 12.0 Å². The summed E-state index contributed by atoms with van der Waals surface area (Å²) in [7, 11) is 0. The lowest BCUT2D eigenvalue weighted by atomic mass is 9.94. The largest absolute Gasteiger partial charge is 0.441 e. The van der Waals surface area contributed by atoms with Crippen LogP contribution in [0.15, 0.2) is 84.9 Å². The quantitative estimate of drug-likeness (QED) is 0.565. The lowest BCUT2D eigenvalue weighted by Crippen LogP contribution is -2.37. The first-order valence-electron chi connectivity index (χ1n) is 11.1. The normalized spacial score (nSPS) is 20.8. The monoisotopic (exact) mass is 426 g/mol. The molecule has 1 atom stereocenters. The van der Waals surface area contributed by atoms with Crippen molar-refractivity contribution in [2.75, 3.05) is 24.5 Å². The van der Waals surface area contributed by atoms with E-state index in [4.69, 9.17) is 4.74 Å². The summed E-state index contributed by atoms with van der Waals surface area (Å²) in [5.74, 6) is 0.0331. The standard InChI is InChI=1S/C27H26N2O3/c30-25(24-15-8-7-14-23(24)21-10-3-1-4-11-21)28-18-9-16-27(17-19-28)20-29(26(31)32-27)22-12-5-2-6-13-22/h1-8,10-15H,9,16-20H2. The Hall–Kier alpha value is -3.60. The highest BCUT2D eigenvalue weighted by Gasteiger charge is 2.46. The molecule has 0 saturated carbocycles. The van der Waals surface area contributed by atoms with E-state index in [1.165, 1.54) is 0 Å². The van der Waals surface area contributed by atoms with Crippen LogP contribution in [0, 0.1) is 0 Å². The van der Waals surface area contributed by atoms with Crippen molar-refractivity contribution in [3.8, 4) is 11.1 Å². The summed E-state index contributed by atoms with van der Waals surface area (Å²) >= 11 is 0. The molecule has 0 bridgehead atoms. The van der Waals surface area contributed by atoms with Gasteiger partial charge in [0.2, 0.25) is 0 Å². The van der Waals surface area contributed by atoms with Crippen LogP contribution in [0.3, 0.4) is 0 Å². The van der Waals surface area contributed by atoms with E-state index in [1.54, 1.807) is 4.90 Å². The van der Waals surface area contributed by atoms with Gasteiger partial charge in [0.15, 0.2) is 0 Å². The maximum Gasteiger partial charge on any atom is 0.415 e. The molecule has 2 heterocycles. The van der Waals surface area contributed by atoms with Gasteiger partial charge in [-0.1, -0.05) is 66.7 Å². The fourth-order valence-electron chi connectivity index (χ4n) is 4.77. The molecule has 3 aromatic carbocycles. The minimum Gasteiger partial charge on any atom is -0.441 e. The summed E-state index contributed by atoms with van der Waals surface area (Å²) in [4.78, 5) is 29.8. The Labute approximate surface area is 188 Å². The first-order valence-corrected chi connectivity index (χ1v) is 11.1. The number of hydrogen-bond acceptors (Lipinski definition) is 3. The maximum absolute atomic E-state index is 13.5. The maximum atomic E-state index is 13.5. The van der Waals surface area contributed by atoms with Crippen LogP contribution in [0.4, 0.5) is 10.5 Å². The van der Waals surface area contributed by atoms with E-state index in [9.17, 15) is 9.59 Å². The lowest BCUT2D eigenvalue weighted by Gasteiger charge is -2.26. The van der Waals surface area contributed by atoms with Gasteiger partial charge in [-0.15, -0.1) is 0 Å². The Balaban J connectivity index is 1.34. The minimum atomic E-state index is -0.541. The molecule has 2 amide bonds. The molecule has 1 spiro atoms.